The Balaban J connectivity index is 2.07. The lowest BCUT2D eigenvalue weighted by Gasteiger charge is -2.28. The number of oxime groups is 1. The lowest BCUT2D eigenvalue weighted by atomic mass is 10.1. The number of rotatable bonds is 5. The van der Waals surface area contributed by atoms with Crippen LogP contribution in [0.3, 0.4) is 0 Å². The molecule has 1 fully saturated rings. The molecule has 2 rings (SSSR count). The summed E-state index contributed by atoms with van der Waals surface area (Å²) in [6.07, 6.45) is 4.62. The molecule has 5 nitrogen and oxygen atoms in total. The molecule has 1 amide bonds. The molecule has 0 atom stereocenters. The van der Waals surface area contributed by atoms with E-state index < -0.39 is 0 Å². The molecule has 0 saturated heterocycles. The maximum Gasteiger partial charge on any atom is 0.227 e. The van der Waals surface area contributed by atoms with Crippen molar-refractivity contribution < 1.29 is 10.0 Å². The molecule has 1 aliphatic rings. The number of carbonyl (C=O) groups is 1. The highest BCUT2D eigenvalue weighted by atomic mass is 16.4. The second kappa shape index (κ2) is 7.11. The van der Waals surface area contributed by atoms with Crippen molar-refractivity contribution in [2.75, 3.05) is 6.54 Å². The van der Waals surface area contributed by atoms with Gasteiger partial charge in [0.1, 0.15) is 0 Å². The van der Waals surface area contributed by atoms with Crippen LogP contribution in [0.4, 0.5) is 0 Å². The minimum Gasteiger partial charge on any atom is -0.409 e. The van der Waals surface area contributed by atoms with Gasteiger partial charge in [-0.1, -0.05) is 47.8 Å². The number of hydrogen-bond acceptors (Lipinski definition) is 3. The number of hydrogen-bond donors (Lipinski definition) is 2. The SMILES string of the molecule is Cc1ccc(CC(=O)N(CC(N)=NO)C2CCCC2)cc1. The van der Waals surface area contributed by atoms with Crippen LogP contribution in [0.2, 0.25) is 0 Å². The molecule has 1 aromatic rings. The molecule has 3 N–H and O–H groups in total. The normalized spacial score (nSPS) is 16.1. The Bertz CT molecular complexity index is 505. The Morgan fingerprint density at radius 2 is 1.95 bits per heavy atom. The van der Waals surface area contributed by atoms with Crippen LogP contribution in [0.25, 0.3) is 0 Å². The summed E-state index contributed by atoms with van der Waals surface area (Å²) < 4.78 is 0. The third-order valence-corrected chi connectivity index (χ3v) is 4.02. The maximum absolute atomic E-state index is 12.6. The van der Waals surface area contributed by atoms with Gasteiger partial charge in [-0.25, -0.2) is 0 Å². The summed E-state index contributed by atoms with van der Waals surface area (Å²) in [5, 5.41) is 11.8. The van der Waals surface area contributed by atoms with Crippen LogP contribution in [-0.2, 0) is 11.2 Å². The van der Waals surface area contributed by atoms with E-state index in [0.29, 0.717) is 6.42 Å². The lowest BCUT2D eigenvalue weighted by molar-refractivity contribution is -0.131. The molecule has 21 heavy (non-hydrogen) atoms. The molecule has 1 aliphatic carbocycles. The number of amidine groups is 1. The topological polar surface area (TPSA) is 78.9 Å². The van der Waals surface area contributed by atoms with E-state index in [0.717, 1.165) is 31.2 Å². The van der Waals surface area contributed by atoms with Crippen LogP contribution in [0.5, 0.6) is 0 Å². The first kappa shape index (κ1) is 15.4. The van der Waals surface area contributed by atoms with Gasteiger partial charge >= 0.3 is 0 Å². The van der Waals surface area contributed by atoms with Crippen molar-refractivity contribution in [1.82, 2.24) is 4.90 Å². The Kier molecular flexibility index (Phi) is 5.20. The average molecular weight is 289 g/mol. The van der Waals surface area contributed by atoms with E-state index >= 15 is 0 Å². The van der Waals surface area contributed by atoms with Gasteiger partial charge < -0.3 is 15.8 Å². The molecule has 5 heteroatoms. The number of nitrogens with zero attached hydrogens (tertiary/aromatic N) is 2. The second-order valence-electron chi connectivity index (χ2n) is 5.71. The van der Waals surface area contributed by atoms with E-state index in [4.69, 9.17) is 10.9 Å². The Morgan fingerprint density at radius 1 is 1.33 bits per heavy atom. The van der Waals surface area contributed by atoms with Crippen molar-refractivity contribution in [1.29, 1.82) is 0 Å². The molecule has 0 radical (unpaired) electrons. The highest BCUT2D eigenvalue weighted by Crippen LogP contribution is 2.24. The van der Waals surface area contributed by atoms with Crippen molar-refractivity contribution in [3.63, 3.8) is 0 Å². The van der Waals surface area contributed by atoms with Gasteiger partial charge in [-0.15, -0.1) is 0 Å². The summed E-state index contributed by atoms with van der Waals surface area (Å²) in [5.41, 5.74) is 7.77. The minimum atomic E-state index is 0.0392. The van der Waals surface area contributed by atoms with E-state index in [1.165, 1.54) is 5.56 Å². The lowest BCUT2D eigenvalue weighted by Crippen LogP contribution is -2.44. The summed E-state index contributed by atoms with van der Waals surface area (Å²) in [7, 11) is 0. The molecule has 114 valence electrons. The first-order chi connectivity index (χ1) is 10.1. The van der Waals surface area contributed by atoms with Crippen molar-refractivity contribution in [2.24, 2.45) is 10.9 Å². The number of amides is 1. The van der Waals surface area contributed by atoms with Gasteiger partial charge in [0.05, 0.1) is 13.0 Å². The van der Waals surface area contributed by atoms with Crippen LogP contribution in [0, 0.1) is 6.92 Å². The largest absolute Gasteiger partial charge is 0.409 e. The molecule has 1 saturated carbocycles. The molecule has 0 heterocycles. The van der Waals surface area contributed by atoms with Crippen molar-refractivity contribution in [3.05, 3.63) is 35.4 Å². The van der Waals surface area contributed by atoms with Crippen LogP contribution in [0.15, 0.2) is 29.4 Å². The molecule has 0 spiro atoms. The van der Waals surface area contributed by atoms with Gasteiger partial charge in [-0.3, -0.25) is 4.79 Å². The standard InChI is InChI=1S/C16H23N3O2/c1-12-6-8-13(9-7-12)10-16(20)19(11-15(17)18-21)14-4-2-3-5-14/h6-9,14,21H,2-5,10-11H2,1H3,(H2,17,18). The molecule has 0 bridgehead atoms. The second-order valence-corrected chi connectivity index (χ2v) is 5.71. The quantitative estimate of drug-likeness (QED) is 0.377. The Hall–Kier alpha value is -2.04. The predicted molar refractivity (Wildman–Crippen MR) is 82.3 cm³/mol. The maximum atomic E-state index is 12.6. The van der Waals surface area contributed by atoms with Crippen molar-refractivity contribution in [2.45, 2.75) is 45.1 Å². The van der Waals surface area contributed by atoms with Gasteiger partial charge in [0.15, 0.2) is 5.84 Å². The van der Waals surface area contributed by atoms with Crippen LogP contribution >= 0.6 is 0 Å². The predicted octanol–water partition coefficient (Wildman–Crippen LogP) is 2.06. The highest BCUT2D eigenvalue weighted by molar-refractivity contribution is 5.87. The van der Waals surface area contributed by atoms with Crippen LogP contribution in [0.1, 0.15) is 36.8 Å². The molecule has 0 aromatic heterocycles. The van der Waals surface area contributed by atoms with E-state index in [-0.39, 0.29) is 24.3 Å². The highest BCUT2D eigenvalue weighted by Gasteiger charge is 2.27. The van der Waals surface area contributed by atoms with Gasteiger partial charge in [0.2, 0.25) is 5.91 Å². The van der Waals surface area contributed by atoms with Gasteiger partial charge in [-0.2, -0.15) is 0 Å². The zero-order chi connectivity index (χ0) is 15.2. The monoisotopic (exact) mass is 289 g/mol. The third kappa shape index (κ3) is 4.21. The molecule has 1 aromatic carbocycles. The summed E-state index contributed by atoms with van der Waals surface area (Å²) >= 11 is 0. The number of aryl methyl sites for hydroxylation is 1. The van der Waals surface area contributed by atoms with E-state index in [1.54, 1.807) is 4.90 Å². The van der Waals surface area contributed by atoms with Crippen molar-refractivity contribution >= 4 is 11.7 Å². The van der Waals surface area contributed by atoms with Gasteiger partial charge in [0.25, 0.3) is 0 Å². The van der Waals surface area contributed by atoms with Gasteiger partial charge in [-0.05, 0) is 25.3 Å². The Labute approximate surface area is 125 Å². The number of nitrogens with two attached hydrogens (primary N) is 1. The summed E-state index contributed by atoms with van der Waals surface area (Å²) in [5.74, 6) is 0.122. The smallest absolute Gasteiger partial charge is 0.227 e. The zero-order valence-corrected chi connectivity index (χ0v) is 12.5. The first-order valence-corrected chi connectivity index (χ1v) is 7.41. The summed E-state index contributed by atoms with van der Waals surface area (Å²) in [4.78, 5) is 14.3. The molecule has 0 aliphatic heterocycles. The minimum absolute atomic E-state index is 0.0392. The summed E-state index contributed by atoms with van der Waals surface area (Å²) in [6, 6.07) is 8.17. The third-order valence-electron chi connectivity index (χ3n) is 4.02. The fraction of sp³-hybridized carbons (Fsp3) is 0.500. The van der Waals surface area contributed by atoms with E-state index in [1.807, 2.05) is 31.2 Å². The molecular formula is C16H23N3O2. The number of benzene rings is 1. The van der Waals surface area contributed by atoms with Gasteiger partial charge in [0, 0.05) is 6.04 Å². The first-order valence-electron chi connectivity index (χ1n) is 7.41. The van der Waals surface area contributed by atoms with E-state index in [9.17, 15) is 4.79 Å². The average Bonchev–Trinajstić information content (AvgIpc) is 3.00. The fourth-order valence-corrected chi connectivity index (χ4v) is 2.83. The molecular weight excluding hydrogens is 266 g/mol. The van der Waals surface area contributed by atoms with Crippen LogP contribution < -0.4 is 5.73 Å². The van der Waals surface area contributed by atoms with E-state index in [2.05, 4.69) is 5.16 Å². The summed E-state index contributed by atoms with van der Waals surface area (Å²) in [6.45, 7) is 2.22. The van der Waals surface area contributed by atoms with Crippen LogP contribution in [-0.4, -0.2) is 34.4 Å². The van der Waals surface area contributed by atoms with Crippen molar-refractivity contribution in [3.8, 4) is 0 Å². The molecule has 0 unspecified atom stereocenters. The Morgan fingerprint density at radius 3 is 2.52 bits per heavy atom. The fourth-order valence-electron chi connectivity index (χ4n) is 2.83. The zero-order valence-electron chi connectivity index (χ0n) is 12.5. The number of carbonyl (C=O) groups excluding carboxylic acids is 1.